The molecule has 0 aliphatic heterocycles. The Bertz CT molecular complexity index is 766. The summed E-state index contributed by atoms with van der Waals surface area (Å²) in [5, 5.41) is 14.4. The van der Waals surface area contributed by atoms with E-state index in [4.69, 9.17) is 0 Å². The van der Waals surface area contributed by atoms with Crippen molar-refractivity contribution in [2.24, 2.45) is 5.92 Å². The second-order valence-corrected chi connectivity index (χ2v) is 9.07. The Morgan fingerprint density at radius 1 is 1.24 bits per heavy atom. The van der Waals surface area contributed by atoms with Gasteiger partial charge in [0.15, 0.2) is 9.84 Å². The summed E-state index contributed by atoms with van der Waals surface area (Å²) in [6.07, 6.45) is 4.44. The van der Waals surface area contributed by atoms with Gasteiger partial charge in [0.25, 0.3) is 0 Å². The average molecular weight is 433 g/mol. The number of carbonyl (C=O) groups is 2. The fourth-order valence-electron chi connectivity index (χ4n) is 2.95. The third-order valence-corrected chi connectivity index (χ3v) is 5.90. The summed E-state index contributed by atoms with van der Waals surface area (Å²) in [5.74, 6) is -1.85. The van der Waals surface area contributed by atoms with Gasteiger partial charge >= 0.3 is 11.8 Å². The molecule has 1 aliphatic rings. The van der Waals surface area contributed by atoms with Crippen LogP contribution in [0.4, 0.5) is 5.69 Å². The minimum absolute atomic E-state index is 0.0411. The molecule has 3 N–H and O–H groups in total. The highest BCUT2D eigenvalue weighted by molar-refractivity contribution is 9.10. The highest BCUT2D eigenvalue weighted by Gasteiger charge is 2.28. The molecule has 7 nitrogen and oxygen atoms in total. The molecule has 0 unspecified atom stereocenters. The number of hydrogen-bond donors (Lipinski definition) is 3. The molecule has 0 spiro atoms. The van der Waals surface area contributed by atoms with Crippen molar-refractivity contribution in [1.82, 2.24) is 5.32 Å². The van der Waals surface area contributed by atoms with Crippen LogP contribution in [0.3, 0.4) is 0 Å². The van der Waals surface area contributed by atoms with E-state index < -0.39 is 21.7 Å². The van der Waals surface area contributed by atoms with E-state index in [0.717, 1.165) is 25.5 Å². The molecule has 0 saturated heterocycles. The molecule has 2 amide bonds. The van der Waals surface area contributed by atoms with E-state index in [0.29, 0.717) is 10.9 Å². The number of hydrogen-bond acceptors (Lipinski definition) is 5. The number of amides is 2. The number of carbonyl (C=O) groups excluding carboxylic acids is 2. The Morgan fingerprint density at radius 3 is 2.56 bits per heavy atom. The molecule has 1 saturated carbocycles. The molecule has 0 bridgehead atoms. The van der Waals surface area contributed by atoms with Crippen molar-refractivity contribution in [1.29, 1.82) is 0 Å². The molecule has 1 aliphatic carbocycles. The number of aliphatic hydroxyl groups is 1. The van der Waals surface area contributed by atoms with E-state index >= 15 is 0 Å². The third-order valence-electron chi connectivity index (χ3n) is 4.26. The topological polar surface area (TPSA) is 113 Å². The lowest BCUT2D eigenvalue weighted by Gasteiger charge is -2.30. The average Bonchev–Trinajstić information content (AvgIpc) is 2.54. The highest BCUT2D eigenvalue weighted by atomic mass is 79.9. The third kappa shape index (κ3) is 5.26. The van der Waals surface area contributed by atoms with Crippen LogP contribution < -0.4 is 10.6 Å². The van der Waals surface area contributed by atoms with Gasteiger partial charge in [-0.05, 0) is 31.0 Å². The van der Waals surface area contributed by atoms with Crippen LogP contribution in [0.2, 0.25) is 0 Å². The first kappa shape index (κ1) is 19.9. The van der Waals surface area contributed by atoms with Crippen LogP contribution in [0.5, 0.6) is 0 Å². The molecule has 1 aromatic carbocycles. The summed E-state index contributed by atoms with van der Waals surface area (Å²) in [6, 6.07) is 4.07. The fourth-order valence-corrected chi connectivity index (χ4v) is 4.14. The first-order chi connectivity index (χ1) is 11.7. The van der Waals surface area contributed by atoms with E-state index in [9.17, 15) is 23.1 Å². The van der Waals surface area contributed by atoms with Gasteiger partial charge in [0.2, 0.25) is 0 Å². The normalized spacial score (nSPS) is 20.8. The van der Waals surface area contributed by atoms with Crippen LogP contribution >= 0.6 is 15.9 Å². The van der Waals surface area contributed by atoms with Gasteiger partial charge in [0.1, 0.15) is 0 Å². The van der Waals surface area contributed by atoms with Gasteiger partial charge in [0, 0.05) is 29.3 Å². The number of nitrogens with one attached hydrogen (secondary N) is 2. The molecule has 1 fully saturated rings. The van der Waals surface area contributed by atoms with Crippen molar-refractivity contribution in [2.45, 2.75) is 36.6 Å². The van der Waals surface area contributed by atoms with Gasteiger partial charge in [-0.15, -0.1) is 0 Å². The SMILES string of the molecule is CS(=O)(=O)c1ccc(Br)cc1NC(=O)C(=O)N[C@H]1CCCC[C@@H]1CO. The zero-order valence-electron chi connectivity index (χ0n) is 13.8. The molecule has 138 valence electrons. The highest BCUT2D eigenvalue weighted by Crippen LogP contribution is 2.26. The number of aliphatic hydroxyl groups excluding tert-OH is 1. The van der Waals surface area contributed by atoms with Crippen molar-refractivity contribution in [3.05, 3.63) is 22.7 Å². The maximum atomic E-state index is 12.2. The molecule has 0 aromatic heterocycles. The maximum absolute atomic E-state index is 12.2. The molecule has 0 heterocycles. The molecule has 1 aromatic rings. The number of benzene rings is 1. The van der Waals surface area contributed by atoms with Crippen molar-refractivity contribution in [3.63, 3.8) is 0 Å². The van der Waals surface area contributed by atoms with Crippen molar-refractivity contribution < 1.29 is 23.1 Å². The number of rotatable bonds is 4. The predicted molar refractivity (Wildman–Crippen MR) is 96.9 cm³/mol. The van der Waals surface area contributed by atoms with Gasteiger partial charge in [-0.3, -0.25) is 9.59 Å². The van der Waals surface area contributed by atoms with Crippen molar-refractivity contribution in [3.8, 4) is 0 Å². The molecular weight excluding hydrogens is 412 g/mol. The smallest absolute Gasteiger partial charge is 0.313 e. The second-order valence-electron chi connectivity index (χ2n) is 6.17. The lowest BCUT2D eigenvalue weighted by atomic mass is 9.85. The molecule has 0 radical (unpaired) electrons. The summed E-state index contributed by atoms with van der Waals surface area (Å²) in [5.41, 5.74) is 0.0411. The minimum Gasteiger partial charge on any atom is -0.396 e. The Balaban J connectivity index is 2.11. The summed E-state index contributed by atoms with van der Waals surface area (Å²) in [4.78, 5) is 24.3. The zero-order chi connectivity index (χ0) is 18.6. The van der Waals surface area contributed by atoms with Gasteiger partial charge in [-0.1, -0.05) is 28.8 Å². The fraction of sp³-hybridized carbons (Fsp3) is 0.500. The van der Waals surface area contributed by atoms with E-state index in [1.54, 1.807) is 6.07 Å². The van der Waals surface area contributed by atoms with Crippen molar-refractivity contribution in [2.75, 3.05) is 18.2 Å². The maximum Gasteiger partial charge on any atom is 0.313 e. The zero-order valence-corrected chi connectivity index (χ0v) is 16.2. The first-order valence-electron chi connectivity index (χ1n) is 7.94. The minimum atomic E-state index is -3.56. The Hall–Kier alpha value is -1.45. The summed E-state index contributed by atoms with van der Waals surface area (Å²) >= 11 is 3.21. The van der Waals surface area contributed by atoms with Crippen LogP contribution in [-0.4, -0.2) is 44.2 Å². The molecule has 25 heavy (non-hydrogen) atoms. The molecule has 9 heteroatoms. The van der Waals surface area contributed by atoms with Crippen LogP contribution in [-0.2, 0) is 19.4 Å². The van der Waals surface area contributed by atoms with Crippen molar-refractivity contribution >= 4 is 43.3 Å². The Morgan fingerprint density at radius 2 is 1.92 bits per heavy atom. The quantitative estimate of drug-likeness (QED) is 0.623. The van der Waals surface area contributed by atoms with E-state index in [2.05, 4.69) is 26.6 Å². The second kappa shape index (κ2) is 8.29. The predicted octanol–water partition coefficient (Wildman–Crippen LogP) is 1.46. The van der Waals surface area contributed by atoms with Crippen LogP contribution in [0, 0.1) is 5.92 Å². The Labute approximate surface area is 155 Å². The number of anilines is 1. The van der Waals surface area contributed by atoms with Gasteiger partial charge in [-0.25, -0.2) is 8.42 Å². The summed E-state index contributed by atoms with van der Waals surface area (Å²) in [6.45, 7) is -0.0452. The number of sulfone groups is 1. The lowest BCUT2D eigenvalue weighted by Crippen LogP contribution is -2.47. The van der Waals surface area contributed by atoms with Crippen LogP contribution in [0.25, 0.3) is 0 Å². The molecule has 2 rings (SSSR count). The number of halogens is 1. The Kier molecular flexibility index (Phi) is 6.59. The standard InChI is InChI=1S/C16H21BrN2O5S/c1-25(23,24)14-7-6-11(17)8-13(14)19-16(22)15(21)18-12-5-3-2-4-10(12)9-20/h6-8,10,12,20H,2-5,9H2,1H3,(H,18,21)(H,19,22)/t10-,12+/m1/s1. The lowest BCUT2D eigenvalue weighted by molar-refractivity contribution is -0.137. The molecule has 2 atom stereocenters. The monoisotopic (exact) mass is 432 g/mol. The summed E-state index contributed by atoms with van der Waals surface area (Å²) < 4.78 is 24.2. The summed E-state index contributed by atoms with van der Waals surface area (Å²) in [7, 11) is -3.56. The van der Waals surface area contributed by atoms with Gasteiger partial charge in [0.05, 0.1) is 10.6 Å². The first-order valence-corrected chi connectivity index (χ1v) is 10.6. The van der Waals surface area contributed by atoms with E-state index in [1.807, 2.05) is 0 Å². The molecular formula is C16H21BrN2O5S. The largest absolute Gasteiger partial charge is 0.396 e. The van der Waals surface area contributed by atoms with E-state index in [1.165, 1.54) is 12.1 Å². The van der Waals surface area contributed by atoms with Gasteiger partial charge < -0.3 is 15.7 Å². The van der Waals surface area contributed by atoms with Gasteiger partial charge in [-0.2, -0.15) is 0 Å². The van der Waals surface area contributed by atoms with Crippen LogP contribution in [0.15, 0.2) is 27.6 Å². The van der Waals surface area contributed by atoms with E-state index in [-0.39, 0.29) is 29.1 Å². The van der Waals surface area contributed by atoms with Crippen LogP contribution in [0.1, 0.15) is 25.7 Å².